The predicted octanol–water partition coefficient (Wildman–Crippen LogP) is 1.72. The maximum Gasteiger partial charge on any atom is 0.0521 e. The second-order valence-electron chi connectivity index (χ2n) is 6.90. The molecule has 3 nitrogen and oxygen atoms in total. The topological polar surface area (TPSA) is 38.5 Å². The van der Waals surface area contributed by atoms with Crippen molar-refractivity contribution in [3.8, 4) is 0 Å². The minimum atomic E-state index is 0.345. The molecule has 0 saturated carbocycles. The third-order valence-electron chi connectivity index (χ3n) is 4.52. The Labute approximate surface area is 106 Å². The molecule has 0 aromatic heterocycles. The van der Waals surface area contributed by atoms with Crippen LogP contribution in [0, 0.1) is 17.3 Å². The van der Waals surface area contributed by atoms with E-state index in [0.29, 0.717) is 17.4 Å². The number of ether oxygens (including phenoxy) is 1. The summed E-state index contributed by atoms with van der Waals surface area (Å²) in [5.74, 6) is 1.38. The average molecular weight is 240 g/mol. The molecule has 2 saturated heterocycles. The minimum Gasteiger partial charge on any atom is -0.381 e. The van der Waals surface area contributed by atoms with E-state index in [2.05, 4.69) is 25.7 Å². The first kappa shape index (κ1) is 13.3. The molecular formula is C14H28N2O. The van der Waals surface area contributed by atoms with Crippen molar-refractivity contribution in [1.82, 2.24) is 4.90 Å². The Morgan fingerprint density at radius 3 is 2.65 bits per heavy atom. The van der Waals surface area contributed by atoms with E-state index in [9.17, 15) is 0 Å². The van der Waals surface area contributed by atoms with Gasteiger partial charge in [0.2, 0.25) is 0 Å². The van der Waals surface area contributed by atoms with Crippen molar-refractivity contribution in [2.75, 3.05) is 32.8 Å². The molecule has 0 amide bonds. The van der Waals surface area contributed by atoms with Crippen molar-refractivity contribution >= 4 is 0 Å². The molecule has 0 aromatic rings. The van der Waals surface area contributed by atoms with Crippen molar-refractivity contribution in [3.63, 3.8) is 0 Å². The first-order chi connectivity index (χ1) is 7.97. The molecule has 0 aromatic carbocycles. The zero-order chi connectivity index (χ0) is 12.5. The van der Waals surface area contributed by atoms with Crippen LogP contribution in [0.2, 0.25) is 0 Å². The average Bonchev–Trinajstić information content (AvgIpc) is 2.69. The molecule has 3 heteroatoms. The highest BCUT2D eigenvalue weighted by Gasteiger charge is 2.33. The van der Waals surface area contributed by atoms with Gasteiger partial charge in [0.25, 0.3) is 0 Å². The fourth-order valence-electron chi connectivity index (χ4n) is 3.04. The standard InChI is InChI=1S/C14H28N2O/c1-14(2,3)12-4-6-16(9-12)8-11-10-17-7-5-13(11)15/h11-13H,4-10,15H2,1-3H3. The maximum absolute atomic E-state index is 6.17. The summed E-state index contributed by atoms with van der Waals surface area (Å²) in [6.07, 6.45) is 2.37. The lowest BCUT2D eigenvalue weighted by molar-refractivity contribution is 0.0280. The van der Waals surface area contributed by atoms with Crippen LogP contribution in [0.15, 0.2) is 0 Å². The van der Waals surface area contributed by atoms with Crippen molar-refractivity contribution in [3.05, 3.63) is 0 Å². The molecule has 2 heterocycles. The maximum atomic E-state index is 6.17. The highest BCUT2D eigenvalue weighted by atomic mass is 16.5. The zero-order valence-electron chi connectivity index (χ0n) is 11.6. The van der Waals surface area contributed by atoms with E-state index in [0.717, 1.165) is 32.1 Å². The molecule has 100 valence electrons. The van der Waals surface area contributed by atoms with Gasteiger partial charge in [-0.2, -0.15) is 0 Å². The monoisotopic (exact) mass is 240 g/mol. The lowest BCUT2D eigenvalue weighted by atomic mass is 9.80. The van der Waals surface area contributed by atoms with Crippen molar-refractivity contribution in [2.45, 2.75) is 39.7 Å². The van der Waals surface area contributed by atoms with Gasteiger partial charge in [-0.05, 0) is 30.7 Å². The number of hydrogen-bond acceptors (Lipinski definition) is 3. The van der Waals surface area contributed by atoms with Crippen LogP contribution in [0.1, 0.15) is 33.6 Å². The molecule has 3 atom stereocenters. The van der Waals surface area contributed by atoms with E-state index < -0.39 is 0 Å². The van der Waals surface area contributed by atoms with E-state index in [4.69, 9.17) is 10.5 Å². The van der Waals surface area contributed by atoms with Gasteiger partial charge in [0.05, 0.1) is 6.61 Å². The van der Waals surface area contributed by atoms with Crippen LogP contribution in [-0.2, 0) is 4.74 Å². The van der Waals surface area contributed by atoms with Gasteiger partial charge < -0.3 is 15.4 Å². The Balaban J connectivity index is 1.81. The van der Waals surface area contributed by atoms with Crippen LogP contribution in [0.25, 0.3) is 0 Å². The van der Waals surface area contributed by atoms with Crippen LogP contribution in [0.5, 0.6) is 0 Å². The predicted molar refractivity (Wildman–Crippen MR) is 70.9 cm³/mol. The summed E-state index contributed by atoms with van der Waals surface area (Å²) in [7, 11) is 0. The van der Waals surface area contributed by atoms with Gasteiger partial charge >= 0.3 is 0 Å². The fourth-order valence-corrected chi connectivity index (χ4v) is 3.04. The van der Waals surface area contributed by atoms with Crippen LogP contribution in [0.4, 0.5) is 0 Å². The van der Waals surface area contributed by atoms with Gasteiger partial charge in [-0.15, -0.1) is 0 Å². The van der Waals surface area contributed by atoms with Crippen LogP contribution in [0.3, 0.4) is 0 Å². The summed E-state index contributed by atoms with van der Waals surface area (Å²) in [6.45, 7) is 12.4. The van der Waals surface area contributed by atoms with Crippen LogP contribution in [-0.4, -0.2) is 43.8 Å². The van der Waals surface area contributed by atoms with E-state index in [1.807, 2.05) is 0 Å². The SMILES string of the molecule is CC(C)(C)C1CCN(CC2COCCC2N)C1. The van der Waals surface area contributed by atoms with Crippen molar-refractivity contribution in [2.24, 2.45) is 23.0 Å². The second-order valence-corrected chi connectivity index (χ2v) is 6.90. The molecule has 2 rings (SSSR count). The summed E-state index contributed by atoms with van der Waals surface area (Å²) >= 11 is 0. The molecule has 0 spiro atoms. The quantitative estimate of drug-likeness (QED) is 0.799. The molecule has 3 unspecified atom stereocenters. The summed E-state index contributed by atoms with van der Waals surface area (Å²) < 4.78 is 5.55. The van der Waals surface area contributed by atoms with Gasteiger partial charge in [-0.25, -0.2) is 0 Å². The number of likely N-dealkylation sites (tertiary alicyclic amines) is 1. The van der Waals surface area contributed by atoms with Crippen molar-refractivity contribution < 1.29 is 4.74 Å². The Morgan fingerprint density at radius 2 is 2.06 bits per heavy atom. The zero-order valence-corrected chi connectivity index (χ0v) is 11.6. The van der Waals surface area contributed by atoms with E-state index >= 15 is 0 Å². The molecule has 17 heavy (non-hydrogen) atoms. The third-order valence-corrected chi connectivity index (χ3v) is 4.52. The summed E-state index contributed by atoms with van der Waals surface area (Å²) in [5, 5.41) is 0. The second kappa shape index (κ2) is 5.25. The molecule has 2 N–H and O–H groups in total. The summed E-state index contributed by atoms with van der Waals surface area (Å²) in [6, 6.07) is 0.345. The highest BCUT2D eigenvalue weighted by molar-refractivity contribution is 4.87. The van der Waals surface area contributed by atoms with E-state index in [-0.39, 0.29) is 0 Å². The molecule has 2 fully saturated rings. The molecule has 0 bridgehead atoms. The Hall–Kier alpha value is -0.120. The summed E-state index contributed by atoms with van der Waals surface area (Å²) in [5.41, 5.74) is 6.62. The van der Waals surface area contributed by atoms with Gasteiger partial charge in [0.15, 0.2) is 0 Å². The molecule has 2 aliphatic rings. The van der Waals surface area contributed by atoms with Crippen LogP contribution < -0.4 is 5.73 Å². The molecule has 0 aliphatic carbocycles. The van der Waals surface area contributed by atoms with Crippen LogP contribution >= 0.6 is 0 Å². The third kappa shape index (κ3) is 3.43. The van der Waals surface area contributed by atoms with Gasteiger partial charge in [-0.1, -0.05) is 20.8 Å². The highest BCUT2D eigenvalue weighted by Crippen LogP contribution is 2.34. The fraction of sp³-hybridized carbons (Fsp3) is 1.00. The number of hydrogen-bond donors (Lipinski definition) is 1. The molecule has 0 radical (unpaired) electrons. The number of rotatable bonds is 2. The first-order valence-corrected chi connectivity index (χ1v) is 7.02. The smallest absolute Gasteiger partial charge is 0.0521 e. The van der Waals surface area contributed by atoms with Gasteiger partial charge in [0.1, 0.15) is 0 Å². The Morgan fingerprint density at radius 1 is 1.29 bits per heavy atom. The normalized spacial score (nSPS) is 36.4. The summed E-state index contributed by atoms with van der Waals surface area (Å²) in [4.78, 5) is 2.59. The number of nitrogens with zero attached hydrogens (tertiary/aromatic N) is 1. The van der Waals surface area contributed by atoms with Gasteiger partial charge in [0, 0.05) is 31.7 Å². The molecule has 2 aliphatic heterocycles. The lowest BCUT2D eigenvalue weighted by Crippen LogP contribution is -2.44. The van der Waals surface area contributed by atoms with E-state index in [1.165, 1.54) is 19.5 Å². The Bertz CT molecular complexity index is 249. The largest absolute Gasteiger partial charge is 0.381 e. The van der Waals surface area contributed by atoms with E-state index in [1.54, 1.807) is 0 Å². The van der Waals surface area contributed by atoms with Crippen molar-refractivity contribution in [1.29, 1.82) is 0 Å². The minimum absolute atomic E-state index is 0.345. The Kier molecular flexibility index (Phi) is 4.11. The lowest BCUT2D eigenvalue weighted by Gasteiger charge is -2.32. The first-order valence-electron chi connectivity index (χ1n) is 7.02. The number of nitrogens with two attached hydrogens (primary N) is 1. The molecular weight excluding hydrogens is 212 g/mol. The van der Waals surface area contributed by atoms with Gasteiger partial charge in [-0.3, -0.25) is 0 Å².